The molecule has 1 aliphatic heterocycles. The summed E-state index contributed by atoms with van der Waals surface area (Å²) in [6, 6.07) is 4.54. The number of ether oxygens (including phenoxy) is 2. The van der Waals surface area contributed by atoms with Crippen molar-refractivity contribution in [3.05, 3.63) is 48.0 Å². The number of amides is 3. The van der Waals surface area contributed by atoms with Crippen molar-refractivity contribution in [3.63, 3.8) is 0 Å². The van der Waals surface area contributed by atoms with E-state index in [0.29, 0.717) is 24.7 Å². The van der Waals surface area contributed by atoms with Crippen LogP contribution in [0.4, 0.5) is 0 Å². The number of hydrogen-bond acceptors (Lipinski definition) is 7. The second-order valence-corrected chi connectivity index (χ2v) is 10.6. The molecule has 0 spiro atoms. The number of hydrogen-bond donors (Lipinski definition) is 4. The zero-order chi connectivity index (χ0) is 28.0. The molecule has 2 aliphatic rings. The van der Waals surface area contributed by atoms with Crippen molar-refractivity contribution in [1.29, 1.82) is 0 Å². The molecule has 4 N–H and O–H groups in total. The number of carbonyl (C=O) groups is 4. The largest absolute Gasteiger partial charge is 0.497 e. The van der Waals surface area contributed by atoms with Gasteiger partial charge in [0.15, 0.2) is 11.6 Å². The Kier molecular flexibility index (Phi) is 9.01. The molecule has 1 aliphatic carbocycles. The van der Waals surface area contributed by atoms with Crippen molar-refractivity contribution in [2.24, 2.45) is 5.92 Å². The number of imidazole rings is 1. The molecule has 4 atom stereocenters. The average molecular weight is 540 g/mol. The number of benzene rings is 1. The first-order valence-corrected chi connectivity index (χ1v) is 13.4. The number of aromatic nitrogens is 2. The Balaban J connectivity index is 1.48. The van der Waals surface area contributed by atoms with Gasteiger partial charge in [-0.3, -0.25) is 19.2 Å². The molecule has 11 nitrogen and oxygen atoms in total. The number of aromatic amines is 1. The summed E-state index contributed by atoms with van der Waals surface area (Å²) in [6.07, 6.45) is 7.94. The highest BCUT2D eigenvalue weighted by molar-refractivity contribution is 5.99. The van der Waals surface area contributed by atoms with E-state index in [1.165, 1.54) is 19.3 Å². The minimum Gasteiger partial charge on any atom is -0.497 e. The first kappa shape index (κ1) is 28.3. The minimum absolute atomic E-state index is 0.0752. The van der Waals surface area contributed by atoms with Gasteiger partial charge < -0.3 is 30.4 Å². The van der Waals surface area contributed by atoms with Gasteiger partial charge in [0.05, 0.1) is 19.8 Å². The predicted molar refractivity (Wildman–Crippen MR) is 142 cm³/mol. The lowest BCUT2D eigenvalue weighted by Crippen LogP contribution is -2.57. The fraction of sp³-hybridized carbons (Fsp3) is 0.536. The Labute approximate surface area is 227 Å². The third-order valence-electron chi connectivity index (χ3n) is 7.46. The Hall–Kier alpha value is -3.73. The first-order chi connectivity index (χ1) is 18.7. The summed E-state index contributed by atoms with van der Waals surface area (Å²) >= 11 is 0. The van der Waals surface area contributed by atoms with Crippen LogP contribution in [0.15, 0.2) is 36.7 Å². The van der Waals surface area contributed by atoms with Crippen molar-refractivity contribution in [2.75, 3.05) is 13.7 Å². The van der Waals surface area contributed by atoms with Gasteiger partial charge in [-0.25, -0.2) is 4.98 Å². The average Bonchev–Trinajstić information content (AvgIpc) is 3.32. The molecule has 2 aromatic rings. The Morgan fingerprint density at radius 3 is 2.33 bits per heavy atom. The molecule has 39 heavy (non-hydrogen) atoms. The summed E-state index contributed by atoms with van der Waals surface area (Å²) in [6.45, 7) is 3.60. The van der Waals surface area contributed by atoms with Crippen LogP contribution in [0.1, 0.15) is 62.1 Å². The van der Waals surface area contributed by atoms with Crippen LogP contribution in [0.2, 0.25) is 0 Å². The SMILES string of the molecule is COc1ccc(CC(NC(=O)C(C)NC(=O)c2ncc[nH]2)C(=O)NC(CC2CCCC2)C(=O)C2(C)CO2)cc1. The lowest BCUT2D eigenvalue weighted by molar-refractivity contribution is -0.133. The number of nitrogens with zero attached hydrogens (tertiary/aromatic N) is 1. The topological polar surface area (TPSA) is 155 Å². The number of methoxy groups -OCH3 is 1. The van der Waals surface area contributed by atoms with E-state index >= 15 is 0 Å². The maximum absolute atomic E-state index is 13.6. The van der Waals surface area contributed by atoms with Gasteiger partial charge in [-0.05, 0) is 43.9 Å². The Bertz CT molecular complexity index is 1160. The van der Waals surface area contributed by atoms with E-state index in [-0.39, 0.29) is 18.0 Å². The molecule has 3 amide bonds. The molecule has 2 fully saturated rings. The van der Waals surface area contributed by atoms with Gasteiger partial charge in [0.2, 0.25) is 11.8 Å². The van der Waals surface area contributed by atoms with E-state index in [1.807, 2.05) is 12.1 Å². The zero-order valence-corrected chi connectivity index (χ0v) is 22.6. The van der Waals surface area contributed by atoms with Crippen LogP contribution in [-0.4, -0.2) is 70.9 Å². The Morgan fingerprint density at radius 2 is 1.74 bits per heavy atom. The van der Waals surface area contributed by atoms with Crippen LogP contribution in [0.5, 0.6) is 5.75 Å². The molecule has 1 aromatic carbocycles. The number of nitrogens with one attached hydrogen (secondary N) is 4. The Morgan fingerprint density at radius 1 is 1.08 bits per heavy atom. The van der Waals surface area contributed by atoms with Crippen LogP contribution in [0.3, 0.4) is 0 Å². The third-order valence-corrected chi connectivity index (χ3v) is 7.46. The van der Waals surface area contributed by atoms with Gasteiger partial charge in [0, 0.05) is 18.8 Å². The number of H-pyrrole nitrogens is 1. The molecule has 1 saturated carbocycles. The van der Waals surface area contributed by atoms with Crippen LogP contribution >= 0.6 is 0 Å². The summed E-state index contributed by atoms with van der Waals surface area (Å²) in [7, 11) is 1.56. The number of ketones is 1. The second-order valence-electron chi connectivity index (χ2n) is 10.6. The lowest BCUT2D eigenvalue weighted by Gasteiger charge is -2.26. The summed E-state index contributed by atoms with van der Waals surface area (Å²) in [5, 5.41) is 8.27. The molecule has 4 unspecified atom stereocenters. The molecule has 11 heteroatoms. The highest BCUT2D eigenvalue weighted by Crippen LogP contribution is 2.33. The van der Waals surface area contributed by atoms with Gasteiger partial charge >= 0.3 is 0 Å². The predicted octanol–water partition coefficient (Wildman–Crippen LogP) is 1.69. The third kappa shape index (κ3) is 7.44. The van der Waals surface area contributed by atoms with Gasteiger partial charge in [-0.1, -0.05) is 37.8 Å². The van der Waals surface area contributed by atoms with E-state index in [2.05, 4.69) is 25.9 Å². The van der Waals surface area contributed by atoms with Gasteiger partial charge in [-0.15, -0.1) is 0 Å². The molecular formula is C28H37N5O6. The number of Topliss-reactive ketones (excluding diaryl/α,β-unsaturated/α-hetero) is 1. The van der Waals surface area contributed by atoms with Crippen molar-refractivity contribution < 1.29 is 28.7 Å². The maximum Gasteiger partial charge on any atom is 0.287 e. The number of carbonyl (C=O) groups excluding carboxylic acids is 4. The molecule has 4 rings (SSSR count). The van der Waals surface area contributed by atoms with Crippen LogP contribution < -0.4 is 20.7 Å². The highest BCUT2D eigenvalue weighted by Gasteiger charge is 2.50. The second kappa shape index (κ2) is 12.4. The summed E-state index contributed by atoms with van der Waals surface area (Å²) in [5.74, 6) is -0.601. The van der Waals surface area contributed by atoms with E-state index in [9.17, 15) is 19.2 Å². The quantitative estimate of drug-likeness (QED) is 0.282. The van der Waals surface area contributed by atoms with Crippen LogP contribution in [0, 0.1) is 5.92 Å². The van der Waals surface area contributed by atoms with Crippen LogP contribution in [0.25, 0.3) is 0 Å². The highest BCUT2D eigenvalue weighted by atomic mass is 16.6. The van der Waals surface area contributed by atoms with Gasteiger partial charge in [0.1, 0.15) is 23.4 Å². The van der Waals surface area contributed by atoms with E-state index in [1.54, 1.807) is 26.2 Å². The normalized spacial score (nSPS) is 20.9. The molecule has 1 aromatic heterocycles. The van der Waals surface area contributed by atoms with E-state index in [4.69, 9.17) is 9.47 Å². The number of rotatable bonds is 13. The summed E-state index contributed by atoms with van der Waals surface area (Å²) < 4.78 is 10.6. The minimum atomic E-state index is -0.985. The molecule has 0 bridgehead atoms. The summed E-state index contributed by atoms with van der Waals surface area (Å²) in [5.41, 5.74) is -0.0877. The fourth-order valence-corrected chi connectivity index (χ4v) is 4.93. The maximum atomic E-state index is 13.6. The molecule has 2 heterocycles. The van der Waals surface area contributed by atoms with E-state index < -0.39 is 41.4 Å². The van der Waals surface area contributed by atoms with Crippen molar-refractivity contribution in [2.45, 2.75) is 76.1 Å². The van der Waals surface area contributed by atoms with Gasteiger partial charge in [0.25, 0.3) is 5.91 Å². The lowest BCUT2D eigenvalue weighted by atomic mass is 9.90. The number of epoxide rings is 1. The van der Waals surface area contributed by atoms with Crippen molar-refractivity contribution >= 4 is 23.5 Å². The first-order valence-electron chi connectivity index (χ1n) is 13.4. The van der Waals surface area contributed by atoms with Crippen molar-refractivity contribution in [1.82, 2.24) is 25.9 Å². The smallest absolute Gasteiger partial charge is 0.287 e. The zero-order valence-electron chi connectivity index (χ0n) is 22.6. The monoisotopic (exact) mass is 539 g/mol. The van der Waals surface area contributed by atoms with Crippen LogP contribution in [-0.2, 0) is 25.5 Å². The molecule has 210 valence electrons. The molecule has 1 saturated heterocycles. The van der Waals surface area contributed by atoms with Crippen molar-refractivity contribution in [3.8, 4) is 5.75 Å². The van der Waals surface area contributed by atoms with Gasteiger partial charge in [-0.2, -0.15) is 0 Å². The molecular weight excluding hydrogens is 502 g/mol. The molecule has 0 radical (unpaired) electrons. The summed E-state index contributed by atoms with van der Waals surface area (Å²) in [4.78, 5) is 58.9. The van der Waals surface area contributed by atoms with E-state index in [0.717, 1.165) is 31.2 Å². The fourth-order valence-electron chi connectivity index (χ4n) is 4.93. The standard InChI is InChI=1S/C28H37N5O6/c1-17(31-27(37)24-29-12-13-30-24)25(35)33-22(15-19-8-10-20(38-3)11-9-19)26(36)32-21(14-18-6-4-5-7-18)23(34)28(2)16-39-28/h8-13,17-18,21-22H,4-7,14-16H2,1-3H3,(H,29,30)(H,31,37)(H,32,36)(H,33,35).